The third-order valence-electron chi connectivity index (χ3n) is 6.12. The molecule has 34 heavy (non-hydrogen) atoms. The summed E-state index contributed by atoms with van der Waals surface area (Å²) in [6.45, 7) is 1.71. The monoisotopic (exact) mass is 476 g/mol. The number of ether oxygens (including phenoxy) is 1. The second kappa shape index (κ2) is 8.07. The van der Waals surface area contributed by atoms with E-state index >= 15 is 0 Å². The van der Waals surface area contributed by atoms with Gasteiger partial charge in [-0.2, -0.15) is 0 Å². The molecule has 2 aliphatic rings. The molecule has 0 N–H and O–H groups in total. The average molecular weight is 477 g/mol. The quantitative estimate of drug-likeness (QED) is 0.280. The molecule has 0 bridgehead atoms. The minimum atomic E-state index is -0.874. The highest BCUT2D eigenvalue weighted by Crippen LogP contribution is 2.49. The number of Topliss-reactive ketones (excluding diaryl/α,β-unsaturated/α-hetero) is 1. The molecule has 170 valence electrons. The third-order valence-corrected chi connectivity index (χ3v) is 6.45. The summed E-state index contributed by atoms with van der Waals surface area (Å²) >= 11 is 6.29. The number of ketones is 1. The first-order chi connectivity index (χ1) is 16.3. The lowest BCUT2D eigenvalue weighted by Gasteiger charge is -2.28. The summed E-state index contributed by atoms with van der Waals surface area (Å²) in [4.78, 5) is 41.5. The van der Waals surface area contributed by atoms with Crippen LogP contribution >= 0.6 is 11.6 Å². The SMILES string of the molecule is COC(=O)C1C(C)=NC2=C(C(=O)c3ccccc32)[C@H]1c1ccc(-c2cc([N+](=O)[O-])ccc2Cl)o1. The number of benzene rings is 2. The molecule has 9 heteroatoms. The first kappa shape index (κ1) is 21.8. The summed E-state index contributed by atoms with van der Waals surface area (Å²) in [6, 6.07) is 14.4. The summed E-state index contributed by atoms with van der Waals surface area (Å²) < 4.78 is 11.1. The van der Waals surface area contributed by atoms with Crippen molar-refractivity contribution >= 4 is 40.4 Å². The van der Waals surface area contributed by atoms with Crippen molar-refractivity contribution in [1.82, 2.24) is 0 Å². The average Bonchev–Trinajstić information content (AvgIpc) is 3.42. The van der Waals surface area contributed by atoms with Crippen molar-refractivity contribution in [2.75, 3.05) is 7.11 Å². The number of halogens is 1. The number of carbonyl (C=O) groups is 2. The number of hydrogen-bond donors (Lipinski definition) is 0. The van der Waals surface area contributed by atoms with E-state index in [1.54, 1.807) is 31.2 Å². The molecule has 0 fully saturated rings. The van der Waals surface area contributed by atoms with Crippen LogP contribution in [0.2, 0.25) is 5.02 Å². The molecular formula is C25H17ClN2O6. The summed E-state index contributed by atoms with van der Waals surface area (Å²) in [5, 5.41) is 11.5. The number of allylic oxidation sites excluding steroid dienone is 1. The molecule has 1 aliphatic heterocycles. The highest BCUT2D eigenvalue weighted by atomic mass is 35.5. The largest absolute Gasteiger partial charge is 0.468 e. The number of hydrogen-bond acceptors (Lipinski definition) is 7. The topological polar surface area (TPSA) is 112 Å². The lowest BCUT2D eigenvalue weighted by atomic mass is 9.78. The number of carbonyl (C=O) groups excluding carboxylic acids is 2. The van der Waals surface area contributed by atoms with Crippen LogP contribution in [0.25, 0.3) is 17.0 Å². The molecule has 2 heterocycles. The summed E-state index contributed by atoms with van der Waals surface area (Å²) in [5.41, 5.74) is 2.75. The molecule has 3 aromatic rings. The second-order valence-electron chi connectivity index (χ2n) is 7.99. The van der Waals surface area contributed by atoms with Crippen molar-refractivity contribution in [3.63, 3.8) is 0 Å². The molecular weight excluding hydrogens is 460 g/mol. The van der Waals surface area contributed by atoms with Gasteiger partial charge in [0.1, 0.15) is 17.4 Å². The van der Waals surface area contributed by atoms with Crippen molar-refractivity contribution < 1.29 is 23.7 Å². The van der Waals surface area contributed by atoms with Gasteiger partial charge in [-0.3, -0.25) is 24.7 Å². The maximum absolute atomic E-state index is 13.4. The predicted octanol–water partition coefficient (Wildman–Crippen LogP) is 5.46. The zero-order valence-electron chi connectivity index (χ0n) is 18.1. The van der Waals surface area contributed by atoms with E-state index in [1.165, 1.54) is 25.3 Å². The molecule has 0 saturated heterocycles. The van der Waals surface area contributed by atoms with Gasteiger partial charge in [0.15, 0.2) is 5.78 Å². The molecule has 0 spiro atoms. The van der Waals surface area contributed by atoms with Gasteiger partial charge in [-0.1, -0.05) is 35.9 Å². The van der Waals surface area contributed by atoms with Gasteiger partial charge in [0, 0.05) is 40.1 Å². The van der Waals surface area contributed by atoms with Crippen LogP contribution in [0.4, 0.5) is 5.69 Å². The highest BCUT2D eigenvalue weighted by molar-refractivity contribution is 6.33. The minimum Gasteiger partial charge on any atom is -0.468 e. The van der Waals surface area contributed by atoms with E-state index in [-0.39, 0.29) is 22.3 Å². The van der Waals surface area contributed by atoms with Crippen LogP contribution in [-0.4, -0.2) is 29.5 Å². The van der Waals surface area contributed by atoms with E-state index in [2.05, 4.69) is 4.99 Å². The Bertz CT molecular complexity index is 1450. The van der Waals surface area contributed by atoms with Gasteiger partial charge in [-0.25, -0.2) is 0 Å². The Morgan fingerprint density at radius 2 is 1.85 bits per heavy atom. The number of esters is 1. The Morgan fingerprint density at radius 1 is 1.12 bits per heavy atom. The first-order valence-electron chi connectivity index (χ1n) is 10.4. The van der Waals surface area contributed by atoms with Crippen LogP contribution in [-0.2, 0) is 9.53 Å². The van der Waals surface area contributed by atoms with Gasteiger partial charge in [0.05, 0.1) is 28.7 Å². The zero-order valence-corrected chi connectivity index (χ0v) is 18.8. The lowest BCUT2D eigenvalue weighted by molar-refractivity contribution is -0.384. The Morgan fingerprint density at radius 3 is 2.56 bits per heavy atom. The van der Waals surface area contributed by atoms with E-state index in [4.69, 9.17) is 20.8 Å². The maximum Gasteiger partial charge on any atom is 0.315 e. The second-order valence-corrected chi connectivity index (χ2v) is 8.40. The number of non-ortho nitro benzene ring substituents is 1. The van der Waals surface area contributed by atoms with Gasteiger partial charge < -0.3 is 9.15 Å². The number of nitrogens with zero attached hydrogens (tertiary/aromatic N) is 2. The Kier molecular flexibility index (Phi) is 5.17. The number of rotatable bonds is 4. The number of fused-ring (bicyclic) bond motifs is 2. The summed E-state index contributed by atoms with van der Waals surface area (Å²) in [6.07, 6.45) is 0. The van der Waals surface area contributed by atoms with Crippen molar-refractivity contribution in [3.05, 3.63) is 92.2 Å². The van der Waals surface area contributed by atoms with Crippen LogP contribution in [0.15, 0.2) is 69.6 Å². The molecule has 1 aromatic heterocycles. The normalized spacial score (nSPS) is 18.9. The minimum absolute atomic E-state index is 0.142. The fourth-order valence-corrected chi connectivity index (χ4v) is 4.78. The van der Waals surface area contributed by atoms with Crippen LogP contribution in [0.1, 0.15) is 34.5 Å². The van der Waals surface area contributed by atoms with Gasteiger partial charge in [-0.05, 0) is 25.1 Å². The molecule has 2 atom stereocenters. The van der Waals surface area contributed by atoms with Gasteiger partial charge in [0.2, 0.25) is 0 Å². The maximum atomic E-state index is 13.4. The number of nitro groups is 1. The molecule has 1 aliphatic carbocycles. The highest BCUT2D eigenvalue weighted by Gasteiger charge is 2.47. The fraction of sp³-hybridized carbons (Fsp3) is 0.160. The zero-order chi connectivity index (χ0) is 24.1. The molecule has 2 aromatic carbocycles. The number of methoxy groups -OCH3 is 1. The van der Waals surface area contributed by atoms with E-state index in [9.17, 15) is 19.7 Å². The molecule has 0 saturated carbocycles. The van der Waals surface area contributed by atoms with Gasteiger partial charge in [0.25, 0.3) is 5.69 Å². The molecule has 5 rings (SSSR count). The van der Waals surface area contributed by atoms with Crippen molar-refractivity contribution in [2.24, 2.45) is 10.9 Å². The summed E-state index contributed by atoms with van der Waals surface area (Å²) in [7, 11) is 1.28. The number of nitro benzene ring substituents is 1. The Balaban J connectivity index is 1.67. The van der Waals surface area contributed by atoms with E-state index < -0.39 is 22.7 Å². The van der Waals surface area contributed by atoms with Crippen molar-refractivity contribution in [3.8, 4) is 11.3 Å². The van der Waals surface area contributed by atoms with Crippen LogP contribution in [0.5, 0.6) is 0 Å². The fourth-order valence-electron chi connectivity index (χ4n) is 4.57. The first-order valence-corrected chi connectivity index (χ1v) is 10.7. The van der Waals surface area contributed by atoms with Crippen LogP contribution in [0, 0.1) is 16.0 Å². The van der Waals surface area contributed by atoms with E-state index in [0.717, 1.165) is 0 Å². The van der Waals surface area contributed by atoms with Crippen LogP contribution < -0.4 is 0 Å². The van der Waals surface area contributed by atoms with Crippen molar-refractivity contribution in [1.29, 1.82) is 0 Å². The van der Waals surface area contributed by atoms with Crippen molar-refractivity contribution in [2.45, 2.75) is 12.8 Å². The summed E-state index contributed by atoms with van der Waals surface area (Å²) in [5.74, 6) is -1.83. The van der Waals surface area contributed by atoms with Gasteiger partial charge in [-0.15, -0.1) is 0 Å². The Hall–Kier alpha value is -4.04. The predicted molar refractivity (Wildman–Crippen MR) is 125 cm³/mol. The van der Waals surface area contributed by atoms with E-state index in [0.29, 0.717) is 39.4 Å². The smallest absolute Gasteiger partial charge is 0.315 e. The standard InChI is InChI=1S/C25H17ClN2O6/c1-12-20(25(30)33-2)21(22-23(27-12)14-5-3-4-6-15(14)24(22)29)19-10-9-18(34-19)16-11-13(28(31)32)7-8-17(16)26/h3-11,20-21H,1-2H3/t20?,21-/m0/s1. The molecule has 1 unspecified atom stereocenters. The third kappa shape index (κ3) is 3.26. The number of aliphatic imine (C=N–C) groups is 1. The molecule has 8 nitrogen and oxygen atoms in total. The van der Waals surface area contributed by atoms with E-state index in [1.807, 2.05) is 12.1 Å². The van der Waals surface area contributed by atoms with Gasteiger partial charge >= 0.3 is 5.97 Å². The molecule has 0 amide bonds. The number of furan rings is 1. The lowest BCUT2D eigenvalue weighted by Crippen LogP contribution is -2.34. The van der Waals surface area contributed by atoms with Crippen LogP contribution in [0.3, 0.4) is 0 Å². The molecule has 0 radical (unpaired) electrons. The Labute approximate surface area is 198 Å².